The van der Waals surface area contributed by atoms with Crippen molar-refractivity contribution in [3.05, 3.63) is 59.6 Å². The fourth-order valence-electron chi connectivity index (χ4n) is 2.44. The van der Waals surface area contributed by atoms with Crippen molar-refractivity contribution in [3.8, 4) is 22.8 Å². The van der Waals surface area contributed by atoms with Crippen LogP contribution in [0.2, 0.25) is 5.02 Å². The van der Waals surface area contributed by atoms with E-state index in [2.05, 4.69) is 10.5 Å². The molecule has 0 radical (unpaired) electrons. The summed E-state index contributed by atoms with van der Waals surface area (Å²) in [6.07, 6.45) is -0.765. The van der Waals surface area contributed by atoms with Crippen LogP contribution in [0.15, 0.2) is 59.1 Å². The van der Waals surface area contributed by atoms with Gasteiger partial charge in [0.15, 0.2) is 11.5 Å². The van der Waals surface area contributed by atoms with Gasteiger partial charge in [0.05, 0.1) is 0 Å². The van der Waals surface area contributed by atoms with E-state index in [4.69, 9.17) is 25.6 Å². The molecule has 0 bridgehead atoms. The zero-order chi connectivity index (χ0) is 17.2. The van der Waals surface area contributed by atoms with Gasteiger partial charge in [0.2, 0.25) is 12.0 Å². The van der Waals surface area contributed by atoms with Crippen LogP contribution in [0.25, 0.3) is 11.3 Å². The van der Waals surface area contributed by atoms with Crippen molar-refractivity contribution in [3.63, 3.8) is 0 Å². The van der Waals surface area contributed by atoms with Crippen molar-refractivity contribution in [1.29, 1.82) is 0 Å². The Morgan fingerprint density at radius 2 is 1.88 bits per heavy atom. The summed E-state index contributed by atoms with van der Waals surface area (Å²) < 4.78 is 16.4. The molecule has 0 aliphatic carbocycles. The number of carbonyl (C=O) groups is 1. The molecule has 0 saturated carbocycles. The fourth-order valence-corrected chi connectivity index (χ4v) is 2.57. The van der Waals surface area contributed by atoms with Gasteiger partial charge in [-0.1, -0.05) is 41.0 Å². The number of carbonyl (C=O) groups excluding carboxylic acids is 1. The maximum absolute atomic E-state index is 12.3. The quantitative estimate of drug-likeness (QED) is 0.773. The van der Waals surface area contributed by atoms with Gasteiger partial charge in [-0.25, -0.2) is 0 Å². The minimum Gasteiger partial charge on any atom is -0.485 e. The second-order valence-electron chi connectivity index (χ2n) is 5.44. The minimum absolute atomic E-state index is 0.126. The minimum atomic E-state index is -0.765. The summed E-state index contributed by atoms with van der Waals surface area (Å²) in [6, 6.07) is 16.0. The summed E-state index contributed by atoms with van der Waals surface area (Å²) in [7, 11) is 0. The van der Waals surface area contributed by atoms with E-state index in [0.717, 1.165) is 5.56 Å². The number of rotatable bonds is 3. The molecule has 1 amide bonds. The summed E-state index contributed by atoms with van der Waals surface area (Å²) in [6.45, 7) is 0.126. The summed E-state index contributed by atoms with van der Waals surface area (Å²) in [4.78, 5) is 12.3. The van der Waals surface area contributed by atoms with Gasteiger partial charge in [0.1, 0.15) is 12.3 Å². The number of nitrogens with zero attached hydrogens (tertiary/aromatic N) is 1. The fraction of sp³-hybridized carbons (Fsp3) is 0.111. The third kappa shape index (κ3) is 3.29. The van der Waals surface area contributed by atoms with Gasteiger partial charge >= 0.3 is 0 Å². The van der Waals surface area contributed by atoms with Gasteiger partial charge in [-0.15, -0.1) is 0 Å². The van der Waals surface area contributed by atoms with Crippen LogP contribution >= 0.6 is 11.6 Å². The van der Waals surface area contributed by atoms with Crippen LogP contribution in [0.3, 0.4) is 0 Å². The molecule has 126 valence electrons. The normalized spacial score (nSPS) is 15.6. The van der Waals surface area contributed by atoms with Crippen LogP contribution in [0.4, 0.5) is 5.88 Å². The van der Waals surface area contributed by atoms with Gasteiger partial charge in [-0.2, -0.15) is 0 Å². The maximum Gasteiger partial charge on any atom is 0.271 e. The molecule has 3 aromatic rings. The van der Waals surface area contributed by atoms with Crippen LogP contribution < -0.4 is 14.8 Å². The lowest BCUT2D eigenvalue weighted by molar-refractivity contribution is -0.125. The Hall–Kier alpha value is -2.99. The van der Waals surface area contributed by atoms with E-state index in [0.29, 0.717) is 22.2 Å². The average Bonchev–Trinajstić information content (AvgIpc) is 3.10. The summed E-state index contributed by atoms with van der Waals surface area (Å²) in [5.41, 5.74) is 1.43. The first kappa shape index (κ1) is 15.5. The Kier molecular flexibility index (Phi) is 4.03. The summed E-state index contributed by atoms with van der Waals surface area (Å²) in [5.74, 6) is 1.02. The predicted octanol–water partition coefficient (Wildman–Crippen LogP) is 3.77. The molecule has 6 nitrogen and oxygen atoms in total. The Morgan fingerprint density at radius 1 is 1.12 bits per heavy atom. The molecule has 0 saturated heterocycles. The smallest absolute Gasteiger partial charge is 0.271 e. The van der Waals surface area contributed by atoms with Crippen molar-refractivity contribution in [2.24, 2.45) is 0 Å². The number of benzene rings is 2. The molecule has 0 spiro atoms. The Balaban J connectivity index is 1.44. The highest BCUT2D eigenvalue weighted by Gasteiger charge is 2.28. The molecule has 2 heterocycles. The van der Waals surface area contributed by atoms with Gasteiger partial charge < -0.3 is 14.0 Å². The molecule has 1 aliphatic heterocycles. The molecule has 4 rings (SSSR count). The zero-order valence-electron chi connectivity index (χ0n) is 12.9. The largest absolute Gasteiger partial charge is 0.485 e. The number of ether oxygens (including phenoxy) is 2. The number of amides is 1. The molecule has 1 N–H and O–H groups in total. The van der Waals surface area contributed by atoms with E-state index in [1.807, 2.05) is 24.3 Å². The van der Waals surface area contributed by atoms with Crippen LogP contribution in [-0.4, -0.2) is 23.8 Å². The molecule has 0 fully saturated rings. The second-order valence-corrected chi connectivity index (χ2v) is 5.87. The highest BCUT2D eigenvalue weighted by atomic mass is 35.5. The van der Waals surface area contributed by atoms with Crippen molar-refractivity contribution in [2.45, 2.75) is 6.10 Å². The van der Waals surface area contributed by atoms with Crippen molar-refractivity contribution < 1.29 is 18.8 Å². The van der Waals surface area contributed by atoms with E-state index >= 15 is 0 Å². The van der Waals surface area contributed by atoms with Crippen LogP contribution in [0, 0.1) is 0 Å². The number of hydrogen-bond acceptors (Lipinski definition) is 5. The van der Waals surface area contributed by atoms with Crippen LogP contribution in [-0.2, 0) is 4.79 Å². The van der Waals surface area contributed by atoms with Crippen molar-refractivity contribution >= 4 is 23.4 Å². The molecule has 2 aromatic carbocycles. The first-order valence-electron chi connectivity index (χ1n) is 7.61. The molecule has 25 heavy (non-hydrogen) atoms. The molecular formula is C18H13ClN2O4. The topological polar surface area (TPSA) is 73.6 Å². The average molecular weight is 357 g/mol. The highest BCUT2D eigenvalue weighted by Crippen LogP contribution is 2.31. The molecule has 0 unspecified atom stereocenters. The second kappa shape index (κ2) is 6.49. The van der Waals surface area contributed by atoms with Gasteiger partial charge in [-0.05, 0) is 24.3 Å². The lowest BCUT2D eigenvalue weighted by atomic mass is 10.1. The lowest BCUT2D eigenvalue weighted by Crippen LogP contribution is -2.40. The van der Waals surface area contributed by atoms with E-state index in [1.54, 1.807) is 30.3 Å². The van der Waals surface area contributed by atoms with Gasteiger partial charge in [-0.3, -0.25) is 10.1 Å². The van der Waals surface area contributed by atoms with Crippen molar-refractivity contribution in [1.82, 2.24) is 5.16 Å². The number of nitrogens with one attached hydrogen (secondary N) is 1. The lowest BCUT2D eigenvalue weighted by Gasteiger charge is -2.25. The standard InChI is InChI=1S/C18H13ClN2O4/c19-12-7-5-11(6-8-12)13-9-17(25-21-13)20-18(22)16-10-23-14-3-1-2-4-15(14)24-16/h1-9,16H,10H2,(H,20,22)/t16-/m0/s1. The zero-order valence-corrected chi connectivity index (χ0v) is 13.7. The van der Waals surface area contributed by atoms with E-state index in [-0.39, 0.29) is 18.4 Å². The number of anilines is 1. The Labute approximate surface area is 148 Å². The molecular weight excluding hydrogens is 344 g/mol. The maximum atomic E-state index is 12.3. The Bertz CT molecular complexity index is 907. The number of hydrogen-bond donors (Lipinski definition) is 1. The third-order valence-corrected chi connectivity index (χ3v) is 3.95. The van der Waals surface area contributed by atoms with E-state index in [1.165, 1.54) is 0 Å². The highest BCUT2D eigenvalue weighted by molar-refractivity contribution is 6.30. The number of fused-ring (bicyclic) bond motifs is 1. The van der Waals surface area contributed by atoms with E-state index in [9.17, 15) is 4.79 Å². The Morgan fingerprint density at radius 3 is 2.68 bits per heavy atom. The molecule has 7 heteroatoms. The van der Waals surface area contributed by atoms with E-state index < -0.39 is 6.10 Å². The predicted molar refractivity (Wildman–Crippen MR) is 91.9 cm³/mol. The number of halogens is 1. The molecule has 1 aliphatic rings. The summed E-state index contributed by atoms with van der Waals surface area (Å²) >= 11 is 5.87. The first-order chi connectivity index (χ1) is 12.2. The van der Waals surface area contributed by atoms with Gasteiger partial charge in [0, 0.05) is 16.7 Å². The molecule has 1 aromatic heterocycles. The number of para-hydroxylation sites is 2. The monoisotopic (exact) mass is 356 g/mol. The van der Waals surface area contributed by atoms with Gasteiger partial charge in [0.25, 0.3) is 5.91 Å². The SMILES string of the molecule is O=C(Nc1cc(-c2ccc(Cl)cc2)no1)[C@@H]1COc2ccccc2O1. The summed E-state index contributed by atoms with van der Waals surface area (Å²) in [5, 5.41) is 7.22. The van der Waals surface area contributed by atoms with Crippen molar-refractivity contribution in [2.75, 3.05) is 11.9 Å². The first-order valence-corrected chi connectivity index (χ1v) is 7.99. The molecule has 1 atom stereocenters. The van der Waals surface area contributed by atoms with Crippen LogP contribution in [0.1, 0.15) is 0 Å². The number of aromatic nitrogens is 1. The third-order valence-electron chi connectivity index (χ3n) is 3.70. The van der Waals surface area contributed by atoms with Crippen LogP contribution in [0.5, 0.6) is 11.5 Å².